The third kappa shape index (κ3) is 2.98. The van der Waals surface area contributed by atoms with Gasteiger partial charge >= 0.3 is 0 Å². The van der Waals surface area contributed by atoms with E-state index in [4.69, 9.17) is 0 Å². The number of para-hydroxylation sites is 1. The van der Waals surface area contributed by atoms with Crippen LogP contribution in [-0.2, 0) is 18.3 Å². The summed E-state index contributed by atoms with van der Waals surface area (Å²) in [6, 6.07) is 8.05. The minimum Gasteiger partial charge on any atom is -0.309 e. The number of carbonyl (C=O) groups is 1. The number of amides is 1. The molecule has 0 atom stereocenters. The number of fused-ring (bicyclic) bond motifs is 3. The average Bonchev–Trinajstić information content (AvgIpc) is 2.84. The minimum absolute atomic E-state index is 0.0161. The summed E-state index contributed by atoms with van der Waals surface area (Å²) in [5.74, 6) is 1.07. The van der Waals surface area contributed by atoms with Gasteiger partial charge < -0.3 is 5.32 Å². The summed E-state index contributed by atoms with van der Waals surface area (Å²) in [5.41, 5.74) is 2.84. The molecule has 0 spiro atoms. The van der Waals surface area contributed by atoms with Crippen LogP contribution >= 0.6 is 0 Å². The van der Waals surface area contributed by atoms with E-state index in [0.29, 0.717) is 18.2 Å². The molecule has 0 aliphatic rings. The van der Waals surface area contributed by atoms with E-state index >= 15 is 0 Å². The molecule has 3 rings (SSSR count). The Morgan fingerprint density at radius 3 is 2.75 bits per heavy atom. The summed E-state index contributed by atoms with van der Waals surface area (Å²) in [6.07, 6.45) is 2.23. The van der Waals surface area contributed by atoms with Gasteiger partial charge in [0, 0.05) is 29.9 Å². The Balaban J connectivity index is 2.26. The van der Waals surface area contributed by atoms with Gasteiger partial charge in [-0.05, 0) is 24.8 Å². The van der Waals surface area contributed by atoms with Crippen LogP contribution in [0.3, 0.4) is 0 Å². The fraction of sp³-hybridized carbons (Fsp3) is 0.421. The summed E-state index contributed by atoms with van der Waals surface area (Å²) in [7, 11) is 1.96. The van der Waals surface area contributed by atoms with Crippen molar-refractivity contribution in [1.82, 2.24) is 14.8 Å². The third-order valence-corrected chi connectivity index (χ3v) is 4.13. The van der Waals surface area contributed by atoms with E-state index in [0.717, 1.165) is 34.6 Å². The van der Waals surface area contributed by atoms with E-state index in [1.807, 2.05) is 36.9 Å². The zero-order valence-corrected chi connectivity index (χ0v) is 14.8. The Labute approximate surface area is 142 Å². The van der Waals surface area contributed by atoms with Gasteiger partial charge in [-0.25, -0.2) is 4.98 Å². The number of benzene rings is 1. The summed E-state index contributed by atoms with van der Waals surface area (Å²) in [6.45, 7) is 6.39. The van der Waals surface area contributed by atoms with Gasteiger partial charge in [0.15, 0.2) is 5.82 Å². The van der Waals surface area contributed by atoms with Crippen LogP contribution in [-0.4, -0.2) is 20.7 Å². The number of aromatic nitrogens is 3. The van der Waals surface area contributed by atoms with Gasteiger partial charge in [0.25, 0.3) is 0 Å². The Morgan fingerprint density at radius 1 is 1.29 bits per heavy atom. The van der Waals surface area contributed by atoms with Gasteiger partial charge in [-0.2, -0.15) is 5.10 Å². The van der Waals surface area contributed by atoms with Crippen molar-refractivity contribution in [2.75, 3.05) is 5.32 Å². The fourth-order valence-corrected chi connectivity index (χ4v) is 3.09. The first-order chi connectivity index (χ1) is 11.5. The molecule has 0 bridgehead atoms. The van der Waals surface area contributed by atoms with E-state index in [1.54, 1.807) is 0 Å². The summed E-state index contributed by atoms with van der Waals surface area (Å²) in [4.78, 5) is 16.7. The van der Waals surface area contributed by atoms with E-state index in [1.165, 1.54) is 5.69 Å². The smallest absolute Gasteiger partial charge is 0.225 e. The Morgan fingerprint density at radius 2 is 2.04 bits per heavy atom. The van der Waals surface area contributed by atoms with Crippen molar-refractivity contribution in [2.24, 2.45) is 13.0 Å². The Hall–Kier alpha value is -2.43. The molecule has 2 heterocycles. The SMILES string of the molecule is CCCC(=O)Nc1nc2ccccc2c2c(CC(C)C)n(C)nc12. The molecule has 3 aromatic rings. The zero-order valence-electron chi connectivity index (χ0n) is 14.8. The first-order valence-corrected chi connectivity index (χ1v) is 8.55. The molecule has 1 amide bonds. The normalized spacial score (nSPS) is 11.5. The first-order valence-electron chi connectivity index (χ1n) is 8.55. The van der Waals surface area contributed by atoms with Crippen LogP contribution in [0.5, 0.6) is 0 Å². The quantitative estimate of drug-likeness (QED) is 0.770. The number of anilines is 1. The van der Waals surface area contributed by atoms with Crippen molar-refractivity contribution in [1.29, 1.82) is 0 Å². The molecule has 5 heteroatoms. The molecule has 0 radical (unpaired) electrons. The van der Waals surface area contributed by atoms with Crippen LogP contribution in [0, 0.1) is 5.92 Å². The second kappa shape index (κ2) is 6.59. The fourth-order valence-electron chi connectivity index (χ4n) is 3.09. The Kier molecular flexibility index (Phi) is 4.51. The standard InChI is InChI=1S/C19H24N4O/c1-5-8-16(24)21-19-18-17(13-9-6-7-10-14(13)20-19)15(11-12(2)3)23(4)22-18/h6-7,9-10,12H,5,8,11H2,1-4H3,(H,20,21,24). The molecule has 0 fully saturated rings. The number of hydrogen-bond donors (Lipinski definition) is 1. The van der Waals surface area contributed by atoms with Crippen LogP contribution in [0.1, 0.15) is 39.3 Å². The van der Waals surface area contributed by atoms with Gasteiger partial charge in [-0.1, -0.05) is 39.0 Å². The number of nitrogens with one attached hydrogen (secondary N) is 1. The molecular formula is C19H24N4O. The van der Waals surface area contributed by atoms with Crippen molar-refractivity contribution >= 4 is 33.5 Å². The van der Waals surface area contributed by atoms with E-state index in [2.05, 4.69) is 35.3 Å². The molecule has 24 heavy (non-hydrogen) atoms. The van der Waals surface area contributed by atoms with Crippen LogP contribution < -0.4 is 5.32 Å². The van der Waals surface area contributed by atoms with Crippen LogP contribution in [0.25, 0.3) is 21.8 Å². The van der Waals surface area contributed by atoms with E-state index < -0.39 is 0 Å². The van der Waals surface area contributed by atoms with Crippen LogP contribution in [0.2, 0.25) is 0 Å². The van der Waals surface area contributed by atoms with Gasteiger partial charge in [-0.15, -0.1) is 0 Å². The highest BCUT2D eigenvalue weighted by Gasteiger charge is 2.19. The minimum atomic E-state index is -0.0161. The zero-order chi connectivity index (χ0) is 17.3. The molecule has 5 nitrogen and oxygen atoms in total. The molecular weight excluding hydrogens is 300 g/mol. The maximum Gasteiger partial charge on any atom is 0.225 e. The topological polar surface area (TPSA) is 59.8 Å². The maximum absolute atomic E-state index is 12.1. The monoisotopic (exact) mass is 324 g/mol. The van der Waals surface area contributed by atoms with Crippen LogP contribution in [0.15, 0.2) is 24.3 Å². The van der Waals surface area contributed by atoms with Crippen LogP contribution in [0.4, 0.5) is 5.82 Å². The average molecular weight is 324 g/mol. The van der Waals surface area contributed by atoms with Crippen molar-refractivity contribution in [3.05, 3.63) is 30.0 Å². The van der Waals surface area contributed by atoms with Crippen molar-refractivity contribution in [2.45, 2.75) is 40.0 Å². The highest BCUT2D eigenvalue weighted by Crippen LogP contribution is 2.32. The summed E-state index contributed by atoms with van der Waals surface area (Å²) >= 11 is 0. The molecule has 1 N–H and O–H groups in total. The lowest BCUT2D eigenvalue weighted by Crippen LogP contribution is -2.12. The Bertz CT molecular complexity index is 895. The summed E-state index contributed by atoms with van der Waals surface area (Å²) in [5, 5.41) is 9.80. The molecule has 0 saturated heterocycles. The lowest BCUT2D eigenvalue weighted by molar-refractivity contribution is -0.116. The molecule has 0 aliphatic heterocycles. The highest BCUT2D eigenvalue weighted by atomic mass is 16.1. The molecule has 0 unspecified atom stereocenters. The number of rotatable bonds is 5. The molecule has 126 valence electrons. The molecule has 0 aliphatic carbocycles. The molecule has 1 aromatic carbocycles. The van der Waals surface area contributed by atoms with Gasteiger partial charge in [0.2, 0.25) is 5.91 Å². The van der Waals surface area contributed by atoms with Crippen molar-refractivity contribution in [3.63, 3.8) is 0 Å². The second-order valence-electron chi connectivity index (χ2n) is 6.67. The highest BCUT2D eigenvalue weighted by molar-refractivity contribution is 6.12. The van der Waals surface area contributed by atoms with Crippen molar-refractivity contribution in [3.8, 4) is 0 Å². The van der Waals surface area contributed by atoms with Gasteiger partial charge in [0.05, 0.1) is 5.52 Å². The number of aryl methyl sites for hydroxylation is 1. The molecule has 0 saturated carbocycles. The predicted octanol–water partition coefficient (Wildman–Crippen LogP) is 4.06. The number of pyridine rings is 1. The third-order valence-electron chi connectivity index (χ3n) is 4.13. The number of hydrogen-bond acceptors (Lipinski definition) is 3. The van der Waals surface area contributed by atoms with E-state index in [-0.39, 0.29) is 5.91 Å². The molecule has 2 aromatic heterocycles. The van der Waals surface area contributed by atoms with Gasteiger partial charge in [0.1, 0.15) is 5.52 Å². The largest absolute Gasteiger partial charge is 0.309 e. The first kappa shape index (κ1) is 16.4. The number of carbonyl (C=O) groups excluding carboxylic acids is 1. The maximum atomic E-state index is 12.1. The number of nitrogens with zero attached hydrogens (tertiary/aromatic N) is 3. The van der Waals surface area contributed by atoms with E-state index in [9.17, 15) is 4.79 Å². The summed E-state index contributed by atoms with van der Waals surface area (Å²) < 4.78 is 1.92. The van der Waals surface area contributed by atoms with Gasteiger partial charge in [-0.3, -0.25) is 9.48 Å². The second-order valence-corrected chi connectivity index (χ2v) is 6.67. The lowest BCUT2D eigenvalue weighted by atomic mass is 10.0. The lowest BCUT2D eigenvalue weighted by Gasteiger charge is -2.09. The predicted molar refractivity (Wildman–Crippen MR) is 98.1 cm³/mol. The van der Waals surface area contributed by atoms with Crippen molar-refractivity contribution < 1.29 is 4.79 Å².